The molecule has 31 heavy (non-hydrogen) atoms. The second kappa shape index (κ2) is 7.58. The van der Waals surface area contributed by atoms with Crippen LogP contribution in [0.1, 0.15) is 52.4 Å². The van der Waals surface area contributed by atoms with Crippen molar-refractivity contribution in [3.63, 3.8) is 0 Å². The van der Waals surface area contributed by atoms with E-state index in [4.69, 9.17) is 10.5 Å². The number of Topliss-reactive ketones (excluding diaryl/α,β-unsaturated/α-hetero) is 1. The van der Waals surface area contributed by atoms with Gasteiger partial charge in [-0.15, -0.1) is 0 Å². The van der Waals surface area contributed by atoms with Gasteiger partial charge in [-0.25, -0.2) is 4.98 Å². The van der Waals surface area contributed by atoms with E-state index < -0.39 is 5.91 Å². The van der Waals surface area contributed by atoms with E-state index >= 15 is 0 Å². The van der Waals surface area contributed by atoms with Crippen LogP contribution in [0, 0.1) is 12.3 Å². The van der Waals surface area contributed by atoms with Gasteiger partial charge in [0, 0.05) is 35.1 Å². The van der Waals surface area contributed by atoms with Gasteiger partial charge in [0.2, 0.25) is 5.88 Å². The van der Waals surface area contributed by atoms with Crippen LogP contribution in [0.25, 0.3) is 5.69 Å². The number of carbonyl (C=O) groups is 2. The normalized spacial score (nSPS) is 14.8. The van der Waals surface area contributed by atoms with Crippen molar-refractivity contribution in [2.75, 3.05) is 12.4 Å². The molecule has 7 nitrogen and oxygen atoms in total. The zero-order valence-electron chi connectivity index (χ0n) is 18.2. The summed E-state index contributed by atoms with van der Waals surface area (Å²) in [5.74, 6) is 0.138. The molecule has 7 heteroatoms. The Morgan fingerprint density at radius 3 is 2.61 bits per heavy atom. The summed E-state index contributed by atoms with van der Waals surface area (Å²) in [6.45, 7) is 6.21. The van der Waals surface area contributed by atoms with Crippen molar-refractivity contribution >= 4 is 23.1 Å². The van der Waals surface area contributed by atoms with Crippen LogP contribution in [-0.2, 0) is 6.42 Å². The minimum absolute atomic E-state index is 0.102. The molecule has 160 valence electrons. The minimum atomic E-state index is -0.530. The molecule has 1 aliphatic rings. The topological polar surface area (TPSA) is 99.2 Å². The number of carbonyl (C=O) groups excluding carboxylic acids is 2. The van der Waals surface area contributed by atoms with Crippen molar-refractivity contribution in [2.24, 2.45) is 11.1 Å². The molecule has 0 spiro atoms. The van der Waals surface area contributed by atoms with Gasteiger partial charge in [0.1, 0.15) is 0 Å². The van der Waals surface area contributed by atoms with Gasteiger partial charge < -0.3 is 20.4 Å². The standard InChI is InChI=1S/C24H26N4O3/c1-14-9-18-20(11-24(2,3)12-21(18)29)28(14)16-6-7-17(23(25)30)19(10-16)27-15-5-8-22(31-4)26-13-15/h5-10,13,27H,11-12H2,1-4H3,(H2,25,30). The predicted molar refractivity (Wildman–Crippen MR) is 120 cm³/mol. The van der Waals surface area contributed by atoms with Crippen molar-refractivity contribution in [2.45, 2.75) is 33.6 Å². The number of nitrogens with two attached hydrogens (primary N) is 1. The maximum absolute atomic E-state index is 12.7. The maximum atomic E-state index is 12.7. The van der Waals surface area contributed by atoms with E-state index in [1.807, 2.05) is 31.2 Å². The van der Waals surface area contributed by atoms with Crippen molar-refractivity contribution in [3.05, 3.63) is 65.1 Å². The number of nitrogens with zero attached hydrogens (tertiary/aromatic N) is 2. The average molecular weight is 418 g/mol. The van der Waals surface area contributed by atoms with Crippen LogP contribution in [0.15, 0.2) is 42.6 Å². The number of primary amides is 1. The minimum Gasteiger partial charge on any atom is -0.481 e. The number of amides is 1. The van der Waals surface area contributed by atoms with Crippen molar-refractivity contribution in [1.82, 2.24) is 9.55 Å². The fourth-order valence-corrected chi connectivity index (χ4v) is 4.23. The van der Waals surface area contributed by atoms with E-state index in [9.17, 15) is 9.59 Å². The lowest BCUT2D eigenvalue weighted by atomic mass is 9.76. The van der Waals surface area contributed by atoms with Crippen LogP contribution >= 0.6 is 0 Å². The van der Waals surface area contributed by atoms with Crippen LogP contribution in [0.2, 0.25) is 0 Å². The van der Waals surface area contributed by atoms with Gasteiger partial charge in [-0.05, 0) is 49.1 Å². The van der Waals surface area contributed by atoms with E-state index in [-0.39, 0.29) is 11.2 Å². The number of nitrogens with one attached hydrogen (secondary N) is 1. The number of pyridine rings is 1. The monoisotopic (exact) mass is 418 g/mol. The number of fused-ring (bicyclic) bond motifs is 1. The Labute approximate surface area is 181 Å². The van der Waals surface area contributed by atoms with Crippen LogP contribution in [-0.4, -0.2) is 28.4 Å². The molecule has 2 aromatic heterocycles. The van der Waals surface area contributed by atoms with Gasteiger partial charge in [-0.2, -0.15) is 0 Å². The molecule has 0 saturated heterocycles. The molecular formula is C24H26N4O3. The number of rotatable bonds is 5. The molecule has 0 radical (unpaired) electrons. The van der Waals surface area contributed by atoms with Gasteiger partial charge in [-0.3, -0.25) is 9.59 Å². The fourth-order valence-electron chi connectivity index (χ4n) is 4.23. The van der Waals surface area contributed by atoms with Gasteiger partial charge in [0.25, 0.3) is 5.91 Å². The van der Waals surface area contributed by atoms with Gasteiger partial charge in [0.15, 0.2) is 5.78 Å². The second-order valence-corrected chi connectivity index (χ2v) is 8.73. The van der Waals surface area contributed by atoms with Crippen molar-refractivity contribution < 1.29 is 14.3 Å². The molecule has 3 aromatic rings. The van der Waals surface area contributed by atoms with E-state index in [1.165, 1.54) is 0 Å². The first-order chi connectivity index (χ1) is 14.7. The highest BCUT2D eigenvalue weighted by Gasteiger charge is 2.34. The quantitative estimate of drug-likeness (QED) is 0.647. The fraction of sp³-hybridized carbons (Fsp3) is 0.292. The average Bonchev–Trinajstić information content (AvgIpc) is 3.03. The summed E-state index contributed by atoms with van der Waals surface area (Å²) >= 11 is 0. The Morgan fingerprint density at radius 1 is 1.19 bits per heavy atom. The predicted octanol–water partition coefficient (Wildman–Crippen LogP) is 4.19. The van der Waals surface area contributed by atoms with Gasteiger partial charge >= 0.3 is 0 Å². The number of ether oxygens (including phenoxy) is 1. The Bertz CT molecular complexity index is 1180. The molecular weight excluding hydrogens is 392 g/mol. The summed E-state index contributed by atoms with van der Waals surface area (Å²) in [6, 6.07) is 10.9. The number of ketones is 1. The number of hydrogen-bond acceptors (Lipinski definition) is 5. The molecule has 2 heterocycles. The first kappa shape index (κ1) is 20.7. The number of aryl methyl sites for hydroxylation is 1. The van der Waals surface area contributed by atoms with Gasteiger partial charge in [0.05, 0.1) is 30.2 Å². The Morgan fingerprint density at radius 2 is 1.97 bits per heavy atom. The van der Waals surface area contributed by atoms with Gasteiger partial charge in [-0.1, -0.05) is 13.8 Å². The summed E-state index contributed by atoms with van der Waals surface area (Å²) in [7, 11) is 1.55. The first-order valence-electron chi connectivity index (χ1n) is 10.1. The molecule has 3 N–H and O–H groups in total. The van der Waals surface area contributed by atoms with Crippen LogP contribution in [0.3, 0.4) is 0 Å². The molecule has 0 saturated carbocycles. The number of aromatic nitrogens is 2. The third-order valence-corrected chi connectivity index (χ3v) is 5.62. The maximum Gasteiger partial charge on any atom is 0.250 e. The lowest BCUT2D eigenvalue weighted by Crippen LogP contribution is -2.27. The lowest BCUT2D eigenvalue weighted by Gasteiger charge is -2.30. The SMILES string of the molecule is COc1ccc(Nc2cc(-n3c(C)cc4c3CC(C)(C)CC4=O)ccc2C(N)=O)cn1. The summed E-state index contributed by atoms with van der Waals surface area (Å²) in [5, 5.41) is 3.23. The smallest absolute Gasteiger partial charge is 0.250 e. The molecule has 0 atom stereocenters. The molecule has 0 bridgehead atoms. The first-order valence-corrected chi connectivity index (χ1v) is 10.1. The molecule has 0 fully saturated rings. The highest BCUT2D eigenvalue weighted by atomic mass is 16.5. The molecule has 4 rings (SSSR count). The third kappa shape index (κ3) is 3.91. The van der Waals surface area contributed by atoms with Crippen LogP contribution in [0.4, 0.5) is 11.4 Å². The summed E-state index contributed by atoms with van der Waals surface area (Å²) in [6.07, 6.45) is 2.96. The molecule has 1 aliphatic carbocycles. The Balaban J connectivity index is 1.80. The number of anilines is 2. The number of benzene rings is 1. The molecule has 1 aromatic carbocycles. The Kier molecular flexibility index (Phi) is 5.05. The molecule has 0 aliphatic heterocycles. The van der Waals surface area contributed by atoms with E-state index in [1.54, 1.807) is 25.4 Å². The van der Waals surface area contributed by atoms with Crippen LogP contribution < -0.4 is 15.8 Å². The van der Waals surface area contributed by atoms with E-state index in [0.29, 0.717) is 29.2 Å². The van der Waals surface area contributed by atoms with E-state index in [0.717, 1.165) is 29.1 Å². The summed E-state index contributed by atoms with van der Waals surface area (Å²) in [5.41, 5.74) is 10.8. The zero-order chi connectivity index (χ0) is 22.3. The largest absolute Gasteiger partial charge is 0.481 e. The number of methoxy groups -OCH3 is 1. The van der Waals surface area contributed by atoms with Crippen molar-refractivity contribution in [1.29, 1.82) is 0 Å². The highest BCUT2D eigenvalue weighted by Crippen LogP contribution is 2.38. The highest BCUT2D eigenvalue weighted by molar-refractivity contribution is 6.00. The van der Waals surface area contributed by atoms with Crippen LogP contribution in [0.5, 0.6) is 5.88 Å². The van der Waals surface area contributed by atoms with Crippen molar-refractivity contribution in [3.8, 4) is 11.6 Å². The van der Waals surface area contributed by atoms with E-state index in [2.05, 4.69) is 28.7 Å². The third-order valence-electron chi connectivity index (χ3n) is 5.62. The molecule has 1 amide bonds. The summed E-state index contributed by atoms with van der Waals surface area (Å²) in [4.78, 5) is 28.9. The summed E-state index contributed by atoms with van der Waals surface area (Å²) < 4.78 is 7.19. The Hall–Kier alpha value is -3.61. The second-order valence-electron chi connectivity index (χ2n) is 8.73. The zero-order valence-corrected chi connectivity index (χ0v) is 18.2. The molecule has 0 unspecified atom stereocenters. The number of hydrogen-bond donors (Lipinski definition) is 2. The lowest BCUT2D eigenvalue weighted by molar-refractivity contribution is 0.0910.